The van der Waals surface area contributed by atoms with E-state index in [4.69, 9.17) is 9.47 Å². The lowest BCUT2D eigenvalue weighted by atomic mass is 10.1. The lowest BCUT2D eigenvalue weighted by Gasteiger charge is -2.09. The van der Waals surface area contributed by atoms with Gasteiger partial charge in [0.25, 0.3) is 0 Å². The predicted molar refractivity (Wildman–Crippen MR) is 74.2 cm³/mol. The largest absolute Gasteiger partial charge is 0.494 e. The number of methoxy groups -OCH3 is 2. The van der Waals surface area contributed by atoms with Crippen molar-refractivity contribution in [1.82, 2.24) is 9.97 Å². The number of benzene rings is 1. The lowest BCUT2D eigenvalue weighted by molar-refractivity contribution is 0.178. The summed E-state index contributed by atoms with van der Waals surface area (Å²) in [7, 11) is 4.76. The van der Waals surface area contributed by atoms with E-state index in [1.165, 1.54) is 13.2 Å². The fraction of sp³-hybridized carbons (Fsp3) is 0.286. The van der Waals surface area contributed by atoms with Crippen molar-refractivity contribution in [2.75, 3.05) is 26.6 Å². The fourth-order valence-corrected chi connectivity index (χ4v) is 1.79. The second-order valence-corrected chi connectivity index (χ2v) is 4.09. The number of rotatable bonds is 5. The molecule has 2 aromatic rings. The molecule has 0 aliphatic heterocycles. The number of hydrogen-bond donors (Lipinski definition) is 1. The zero-order valence-corrected chi connectivity index (χ0v) is 11.6. The first-order valence-electron chi connectivity index (χ1n) is 6.06. The van der Waals surface area contributed by atoms with Crippen molar-refractivity contribution < 1.29 is 13.9 Å². The first-order valence-corrected chi connectivity index (χ1v) is 6.06. The number of hydrogen-bond acceptors (Lipinski definition) is 5. The third-order valence-corrected chi connectivity index (χ3v) is 2.75. The number of aromatic nitrogens is 2. The summed E-state index contributed by atoms with van der Waals surface area (Å²) < 4.78 is 23.7. The highest BCUT2D eigenvalue weighted by Gasteiger charge is 2.09. The van der Waals surface area contributed by atoms with E-state index in [2.05, 4.69) is 15.3 Å². The standard InChI is InChI=1S/C14H16FN3O2/c1-16-13-7-11(17-14(18-13)8-19-2)9-4-5-12(20-3)10(15)6-9/h4-7H,8H2,1-3H3,(H,16,17,18). The van der Waals surface area contributed by atoms with Crippen LogP contribution in [-0.4, -0.2) is 31.2 Å². The molecule has 0 unspecified atom stereocenters. The van der Waals surface area contributed by atoms with Crippen molar-refractivity contribution in [1.29, 1.82) is 0 Å². The summed E-state index contributed by atoms with van der Waals surface area (Å²) in [5.41, 5.74) is 1.28. The average molecular weight is 277 g/mol. The van der Waals surface area contributed by atoms with Gasteiger partial charge in [-0.2, -0.15) is 0 Å². The second-order valence-electron chi connectivity index (χ2n) is 4.09. The van der Waals surface area contributed by atoms with Gasteiger partial charge in [-0.3, -0.25) is 0 Å². The Kier molecular flexibility index (Phi) is 4.47. The highest BCUT2D eigenvalue weighted by Crippen LogP contribution is 2.25. The molecule has 0 amide bonds. The van der Waals surface area contributed by atoms with Gasteiger partial charge in [-0.05, 0) is 18.2 Å². The Morgan fingerprint density at radius 3 is 2.60 bits per heavy atom. The monoisotopic (exact) mass is 277 g/mol. The Morgan fingerprint density at radius 1 is 1.20 bits per heavy atom. The number of anilines is 1. The lowest BCUT2D eigenvalue weighted by Crippen LogP contribution is -2.03. The van der Waals surface area contributed by atoms with E-state index in [0.717, 1.165) is 0 Å². The van der Waals surface area contributed by atoms with E-state index in [0.29, 0.717) is 29.5 Å². The smallest absolute Gasteiger partial charge is 0.165 e. The van der Waals surface area contributed by atoms with Crippen LogP contribution in [0.1, 0.15) is 5.82 Å². The first kappa shape index (κ1) is 14.2. The minimum atomic E-state index is -0.428. The van der Waals surface area contributed by atoms with Crippen LogP contribution in [0.4, 0.5) is 10.2 Å². The minimum Gasteiger partial charge on any atom is -0.494 e. The van der Waals surface area contributed by atoms with Crippen molar-refractivity contribution in [3.8, 4) is 17.0 Å². The molecule has 1 aromatic heterocycles. The number of ether oxygens (including phenoxy) is 2. The molecule has 0 aliphatic rings. The van der Waals surface area contributed by atoms with Gasteiger partial charge in [-0.25, -0.2) is 14.4 Å². The quantitative estimate of drug-likeness (QED) is 0.910. The molecule has 0 fully saturated rings. The highest BCUT2D eigenvalue weighted by atomic mass is 19.1. The van der Waals surface area contributed by atoms with E-state index in [1.54, 1.807) is 32.4 Å². The van der Waals surface area contributed by atoms with Gasteiger partial charge in [0.15, 0.2) is 17.4 Å². The molecule has 1 heterocycles. The molecule has 0 atom stereocenters. The number of nitrogens with zero attached hydrogens (tertiary/aromatic N) is 2. The molecule has 1 aromatic carbocycles. The number of halogens is 1. The summed E-state index contributed by atoms with van der Waals surface area (Å²) in [6, 6.07) is 6.46. The van der Waals surface area contributed by atoms with Gasteiger partial charge >= 0.3 is 0 Å². The van der Waals surface area contributed by atoms with Crippen LogP contribution in [-0.2, 0) is 11.3 Å². The summed E-state index contributed by atoms with van der Waals surface area (Å²) in [5, 5.41) is 2.95. The van der Waals surface area contributed by atoms with Crippen LogP contribution in [0.15, 0.2) is 24.3 Å². The molecule has 0 spiro atoms. The van der Waals surface area contributed by atoms with E-state index in [1.807, 2.05) is 0 Å². The van der Waals surface area contributed by atoms with Crippen LogP contribution in [0, 0.1) is 5.82 Å². The van der Waals surface area contributed by atoms with E-state index < -0.39 is 5.82 Å². The van der Waals surface area contributed by atoms with Gasteiger partial charge in [0, 0.05) is 25.8 Å². The van der Waals surface area contributed by atoms with Crippen LogP contribution in [0.5, 0.6) is 5.75 Å². The molecule has 0 saturated heterocycles. The van der Waals surface area contributed by atoms with Gasteiger partial charge < -0.3 is 14.8 Å². The van der Waals surface area contributed by atoms with Crippen molar-refractivity contribution in [2.45, 2.75) is 6.61 Å². The minimum absolute atomic E-state index is 0.203. The zero-order chi connectivity index (χ0) is 14.5. The molecule has 5 nitrogen and oxygen atoms in total. The second kappa shape index (κ2) is 6.29. The Bertz CT molecular complexity index is 605. The normalized spacial score (nSPS) is 10.4. The van der Waals surface area contributed by atoms with Gasteiger partial charge in [-0.15, -0.1) is 0 Å². The Morgan fingerprint density at radius 2 is 2.00 bits per heavy atom. The van der Waals surface area contributed by atoms with E-state index in [9.17, 15) is 4.39 Å². The maximum absolute atomic E-state index is 13.8. The summed E-state index contributed by atoms with van der Waals surface area (Å²) >= 11 is 0. The molecule has 0 bridgehead atoms. The maximum atomic E-state index is 13.8. The molecular weight excluding hydrogens is 261 g/mol. The van der Waals surface area contributed by atoms with Crippen LogP contribution in [0.3, 0.4) is 0 Å². The molecule has 20 heavy (non-hydrogen) atoms. The first-order chi connectivity index (χ1) is 9.67. The summed E-state index contributed by atoms with van der Waals surface area (Å²) in [6.07, 6.45) is 0. The maximum Gasteiger partial charge on any atom is 0.165 e. The fourth-order valence-electron chi connectivity index (χ4n) is 1.79. The molecule has 1 N–H and O–H groups in total. The Hall–Kier alpha value is -2.21. The van der Waals surface area contributed by atoms with Gasteiger partial charge in [-0.1, -0.05) is 0 Å². The molecule has 0 radical (unpaired) electrons. The van der Waals surface area contributed by atoms with Gasteiger partial charge in [0.1, 0.15) is 12.4 Å². The summed E-state index contributed by atoms with van der Waals surface area (Å²) in [6.45, 7) is 0.293. The van der Waals surface area contributed by atoms with Gasteiger partial charge in [0.2, 0.25) is 0 Å². The molecule has 0 aliphatic carbocycles. The van der Waals surface area contributed by atoms with Crippen molar-refractivity contribution in [2.24, 2.45) is 0 Å². The van der Waals surface area contributed by atoms with Crippen LogP contribution in [0.25, 0.3) is 11.3 Å². The van der Waals surface area contributed by atoms with Gasteiger partial charge in [0.05, 0.1) is 12.8 Å². The summed E-state index contributed by atoms with van der Waals surface area (Å²) in [4.78, 5) is 8.61. The Balaban J connectivity index is 2.45. The Labute approximate surface area is 116 Å². The van der Waals surface area contributed by atoms with Crippen molar-refractivity contribution >= 4 is 5.82 Å². The third-order valence-electron chi connectivity index (χ3n) is 2.75. The van der Waals surface area contributed by atoms with Crippen LogP contribution >= 0.6 is 0 Å². The van der Waals surface area contributed by atoms with Crippen LogP contribution in [0.2, 0.25) is 0 Å². The molecule has 0 saturated carbocycles. The molecule has 6 heteroatoms. The summed E-state index contributed by atoms with van der Waals surface area (Å²) in [5.74, 6) is 0.959. The van der Waals surface area contributed by atoms with E-state index in [-0.39, 0.29) is 5.75 Å². The topological polar surface area (TPSA) is 56.3 Å². The molecular formula is C14H16FN3O2. The molecule has 2 rings (SSSR count). The average Bonchev–Trinajstić information content (AvgIpc) is 2.47. The highest BCUT2D eigenvalue weighted by molar-refractivity contribution is 5.63. The number of nitrogens with one attached hydrogen (secondary N) is 1. The SMILES string of the molecule is CNc1cc(-c2ccc(OC)c(F)c2)nc(COC)n1. The van der Waals surface area contributed by atoms with Crippen LogP contribution < -0.4 is 10.1 Å². The van der Waals surface area contributed by atoms with Crippen molar-refractivity contribution in [3.05, 3.63) is 35.9 Å². The zero-order valence-electron chi connectivity index (χ0n) is 11.6. The van der Waals surface area contributed by atoms with Crippen molar-refractivity contribution in [3.63, 3.8) is 0 Å². The van der Waals surface area contributed by atoms with E-state index >= 15 is 0 Å². The third kappa shape index (κ3) is 3.03. The predicted octanol–water partition coefficient (Wildman–Crippen LogP) is 2.48. The molecule has 106 valence electrons.